The molecular formula is C21H21N8O6S2+. The summed E-state index contributed by atoms with van der Waals surface area (Å²) in [5, 5.41) is 15.7. The Morgan fingerprint density at radius 3 is 2.70 bits per heavy atom. The molecule has 1 fully saturated rings. The number of nitrogens with one attached hydrogen (secondary N) is 1. The van der Waals surface area contributed by atoms with E-state index in [1.807, 2.05) is 0 Å². The summed E-state index contributed by atoms with van der Waals surface area (Å²) in [6.07, 6.45) is 4.62. The second kappa shape index (κ2) is 10.8. The summed E-state index contributed by atoms with van der Waals surface area (Å²) in [5.41, 5.74) is 11.2. The molecule has 6 N–H and O–H groups in total. The van der Waals surface area contributed by atoms with Gasteiger partial charge in [-0.2, -0.15) is 9.36 Å². The van der Waals surface area contributed by atoms with Gasteiger partial charge < -0.3 is 26.7 Å². The Morgan fingerprint density at radius 2 is 2.11 bits per heavy atom. The van der Waals surface area contributed by atoms with Gasteiger partial charge in [0.25, 0.3) is 11.8 Å². The van der Waals surface area contributed by atoms with Crippen molar-refractivity contribution in [2.45, 2.75) is 18.0 Å². The highest BCUT2D eigenvalue weighted by molar-refractivity contribution is 8.00. The molecule has 0 aromatic carbocycles. The minimum Gasteiger partial charge on any atom is -0.477 e. The first-order chi connectivity index (χ1) is 17.7. The van der Waals surface area contributed by atoms with Crippen molar-refractivity contribution in [1.82, 2.24) is 19.6 Å². The number of oxime groups is 1. The van der Waals surface area contributed by atoms with Crippen LogP contribution in [0, 0.1) is 0 Å². The number of anilines is 1. The number of pyridine rings is 1. The van der Waals surface area contributed by atoms with Crippen LogP contribution in [0.2, 0.25) is 0 Å². The van der Waals surface area contributed by atoms with E-state index >= 15 is 0 Å². The molecule has 0 radical (unpaired) electrons. The normalized spacial score (nSPS) is 19.1. The lowest BCUT2D eigenvalue weighted by Gasteiger charge is -2.49. The lowest BCUT2D eigenvalue weighted by atomic mass is 10.0. The average molecular weight is 546 g/mol. The number of carbonyl (C=O) groups excluding carboxylic acids is 3. The van der Waals surface area contributed by atoms with Crippen molar-refractivity contribution in [3.63, 3.8) is 0 Å². The number of hydrogen-bond acceptors (Lipinski definition) is 11. The molecular weight excluding hydrogens is 524 g/mol. The van der Waals surface area contributed by atoms with E-state index < -0.39 is 35.1 Å². The molecule has 1 unspecified atom stereocenters. The van der Waals surface area contributed by atoms with Crippen LogP contribution in [0.15, 0.2) is 53.6 Å². The predicted octanol–water partition coefficient (Wildman–Crippen LogP) is -1.15. The number of aromatic nitrogens is 3. The van der Waals surface area contributed by atoms with E-state index in [9.17, 15) is 24.3 Å². The zero-order chi connectivity index (χ0) is 26.7. The van der Waals surface area contributed by atoms with Crippen LogP contribution in [-0.4, -0.2) is 72.5 Å². The summed E-state index contributed by atoms with van der Waals surface area (Å²) in [5.74, 6) is -3.00. The number of carbonyl (C=O) groups is 4. The Balaban J connectivity index is 1.52. The second-order valence-electron chi connectivity index (χ2n) is 7.72. The molecule has 2 aliphatic rings. The molecule has 0 aliphatic carbocycles. The van der Waals surface area contributed by atoms with E-state index in [4.69, 9.17) is 16.3 Å². The first kappa shape index (κ1) is 25.8. The Bertz CT molecular complexity index is 1340. The van der Waals surface area contributed by atoms with Crippen molar-refractivity contribution >= 4 is 57.8 Å². The number of nitrogens with two attached hydrogens (primary N) is 2. The average Bonchev–Trinajstić information content (AvgIpc) is 3.30. The van der Waals surface area contributed by atoms with Crippen LogP contribution in [0.4, 0.5) is 5.13 Å². The maximum Gasteiger partial charge on any atom is 0.352 e. The molecule has 16 heteroatoms. The monoisotopic (exact) mass is 545 g/mol. The Hall–Kier alpha value is -4.31. The van der Waals surface area contributed by atoms with Gasteiger partial charge in [0.2, 0.25) is 17.4 Å². The summed E-state index contributed by atoms with van der Waals surface area (Å²) in [4.78, 5) is 59.5. The van der Waals surface area contributed by atoms with Gasteiger partial charge in [0.1, 0.15) is 23.7 Å². The van der Waals surface area contributed by atoms with E-state index in [0.717, 1.165) is 16.4 Å². The van der Waals surface area contributed by atoms with E-state index in [-0.39, 0.29) is 35.5 Å². The number of primary amides is 1. The largest absolute Gasteiger partial charge is 0.477 e. The molecule has 2 aromatic rings. The van der Waals surface area contributed by atoms with Crippen LogP contribution in [-0.2, 0) is 25.8 Å². The van der Waals surface area contributed by atoms with Crippen molar-refractivity contribution in [2.24, 2.45) is 10.9 Å². The summed E-state index contributed by atoms with van der Waals surface area (Å²) in [6.45, 7) is 3.69. The molecule has 2 aliphatic heterocycles. The molecule has 3 amide bonds. The van der Waals surface area contributed by atoms with Gasteiger partial charge >= 0.3 is 5.97 Å². The molecule has 0 bridgehead atoms. The summed E-state index contributed by atoms with van der Waals surface area (Å²) >= 11 is 2.16. The van der Waals surface area contributed by atoms with Gasteiger partial charge in [-0.05, 0) is 0 Å². The Morgan fingerprint density at radius 1 is 1.38 bits per heavy atom. The quantitative estimate of drug-likeness (QED) is 0.0704. The molecule has 14 nitrogen and oxygen atoms in total. The van der Waals surface area contributed by atoms with Gasteiger partial charge in [-0.1, -0.05) is 17.8 Å². The molecule has 4 heterocycles. The fourth-order valence-corrected chi connectivity index (χ4v) is 5.40. The van der Waals surface area contributed by atoms with Crippen molar-refractivity contribution in [3.8, 4) is 0 Å². The van der Waals surface area contributed by atoms with Gasteiger partial charge in [0.15, 0.2) is 24.1 Å². The van der Waals surface area contributed by atoms with Gasteiger partial charge in [-0.15, -0.1) is 11.8 Å². The number of rotatable bonds is 10. The third kappa shape index (κ3) is 5.29. The van der Waals surface area contributed by atoms with E-state index in [0.29, 0.717) is 16.9 Å². The van der Waals surface area contributed by atoms with Crippen molar-refractivity contribution in [3.05, 3.63) is 59.8 Å². The SMILES string of the molecule is C=CCON=C(C(=O)NC1C(=O)N2C(C(=O)O)=C(C[n+]3ccc(C(N)=O)cc3)CS[C@@H]12)c1nsc(N)n1. The highest BCUT2D eigenvalue weighted by atomic mass is 32.2. The number of fused-ring (bicyclic) bond motifs is 1. The van der Waals surface area contributed by atoms with Crippen molar-refractivity contribution in [2.75, 3.05) is 18.1 Å². The number of nitrogens with zero attached hydrogens (tertiary/aromatic N) is 5. The molecule has 0 saturated carbocycles. The summed E-state index contributed by atoms with van der Waals surface area (Å²) in [7, 11) is 0. The topological polar surface area (TPSA) is 207 Å². The summed E-state index contributed by atoms with van der Waals surface area (Å²) in [6, 6.07) is 2.03. The third-order valence-corrected chi connectivity index (χ3v) is 7.18. The van der Waals surface area contributed by atoms with Gasteiger partial charge in [-0.25, -0.2) is 9.36 Å². The number of carboxylic acids is 1. The standard InChI is InChI=1S/C21H20N8O6S2/c1-2-7-35-26-12(16-25-21(23)37-27-16)17(31)24-13-18(32)29-14(20(33)34)11(9-36-19(13)29)8-28-5-3-10(4-6-28)15(22)30/h2-6,13,19H,1,7-9H2,(H5-,22,23,24,25,27,30,31,33,34)/p+1/t13?,19-/m0/s1. The van der Waals surface area contributed by atoms with Crippen LogP contribution in [0.1, 0.15) is 16.2 Å². The number of thioether (sulfide) groups is 1. The molecule has 37 heavy (non-hydrogen) atoms. The third-order valence-electron chi connectivity index (χ3n) is 5.30. The van der Waals surface area contributed by atoms with E-state index in [1.165, 1.54) is 30.0 Å². The second-order valence-corrected chi connectivity index (χ2v) is 9.61. The van der Waals surface area contributed by atoms with Crippen molar-refractivity contribution in [1.29, 1.82) is 0 Å². The van der Waals surface area contributed by atoms with Crippen molar-refractivity contribution < 1.29 is 33.7 Å². The number of nitrogen functional groups attached to an aromatic ring is 1. The highest BCUT2D eigenvalue weighted by Gasteiger charge is 2.54. The number of hydrogen-bond donors (Lipinski definition) is 4. The molecule has 2 atom stereocenters. The molecule has 0 spiro atoms. The van der Waals surface area contributed by atoms with Crippen LogP contribution in [0.3, 0.4) is 0 Å². The predicted molar refractivity (Wildman–Crippen MR) is 132 cm³/mol. The van der Waals surface area contributed by atoms with Crippen LogP contribution >= 0.6 is 23.3 Å². The fourth-order valence-electron chi connectivity index (χ4n) is 3.63. The van der Waals surface area contributed by atoms with Gasteiger partial charge in [0, 0.05) is 35.0 Å². The lowest BCUT2D eigenvalue weighted by Crippen LogP contribution is -2.71. The number of amides is 3. The molecule has 1 saturated heterocycles. The highest BCUT2D eigenvalue weighted by Crippen LogP contribution is 2.40. The van der Waals surface area contributed by atoms with Crippen LogP contribution < -0.4 is 21.4 Å². The first-order valence-electron chi connectivity index (χ1n) is 10.6. The van der Waals surface area contributed by atoms with Gasteiger partial charge in [0.05, 0.1) is 5.56 Å². The maximum absolute atomic E-state index is 13.0. The zero-order valence-corrected chi connectivity index (χ0v) is 20.7. The zero-order valence-electron chi connectivity index (χ0n) is 19.1. The smallest absolute Gasteiger partial charge is 0.352 e. The lowest BCUT2D eigenvalue weighted by molar-refractivity contribution is -0.689. The minimum atomic E-state index is -1.27. The van der Waals surface area contributed by atoms with Crippen LogP contribution in [0.25, 0.3) is 0 Å². The van der Waals surface area contributed by atoms with E-state index in [1.54, 1.807) is 17.0 Å². The molecule has 4 rings (SSSR count). The number of aliphatic carboxylic acids is 1. The first-order valence-corrected chi connectivity index (χ1v) is 12.4. The molecule has 2 aromatic heterocycles. The van der Waals surface area contributed by atoms with E-state index in [2.05, 4.69) is 26.4 Å². The number of β-lactam (4-membered cyclic amide) rings is 1. The number of carboxylic acid groups (broad SMARTS) is 1. The maximum atomic E-state index is 13.0. The summed E-state index contributed by atoms with van der Waals surface area (Å²) < 4.78 is 5.64. The Kier molecular flexibility index (Phi) is 7.49. The minimum absolute atomic E-state index is 0.0177. The molecule has 192 valence electrons. The van der Waals surface area contributed by atoms with Gasteiger partial charge in [-0.3, -0.25) is 19.3 Å². The van der Waals surface area contributed by atoms with Crippen LogP contribution in [0.5, 0.6) is 0 Å². The fraction of sp³-hybridized carbons (Fsp3) is 0.238. The Labute approximate surface area is 217 Å².